The summed E-state index contributed by atoms with van der Waals surface area (Å²) in [6.07, 6.45) is 0. The van der Waals surface area contributed by atoms with Crippen LogP contribution in [0.25, 0.3) is 10.8 Å². The summed E-state index contributed by atoms with van der Waals surface area (Å²) in [5.74, 6) is 0.457. The van der Waals surface area contributed by atoms with Gasteiger partial charge >= 0.3 is 0 Å². The molecule has 6 heteroatoms. The van der Waals surface area contributed by atoms with Gasteiger partial charge in [0.25, 0.3) is 0 Å². The molecule has 0 amide bonds. The maximum absolute atomic E-state index is 13.3. The number of nitrogens with zero attached hydrogens (tertiary/aromatic N) is 2. The molecular weight excluding hydrogens is 303 g/mol. The Balaban J connectivity index is 1.85. The summed E-state index contributed by atoms with van der Waals surface area (Å²) in [5, 5.41) is 24.6. The normalized spacial score (nSPS) is 11.2. The van der Waals surface area contributed by atoms with Crippen LogP contribution in [-0.4, -0.2) is 20.0 Å². The van der Waals surface area contributed by atoms with Crippen LogP contribution in [0.5, 0.6) is 5.75 Å². The average Bonchev–Trinajstić information content (AvgIpc) is 2.85. The predicted molar refractivity (Wildman–Crippen MR) is 84.3 cm³/mol. The van der Waals surface area contributed by atoms with E-state index in [4.69, 9.17) is 5.11 Å². The van der Waals surface area contributed by atoms with Crippen molar-refractivity contribution in [2.45, 2.75) is 17.3 Å². The number of rotatable bonds is 4. The van der Waals surface area contributed by atoms with E-state index >= 15 is 0 Å². The van der Waals surface area contributed by atoms with Gasteiger partial charge in [0.1, 0.15) is 11.6 Å². The molecule has 0 atom stereocenters. The van der Waals surface area contributed by atoms with E-state index < -0.39 is 0 Å². The maximum atomic E-state index is 13.3. The third-order valence-corrected chi connectivity index (χ3v) is 4.45. The van der Waals surface area contributed by atoms with Gasteiger partial charge in [0.2, 0.25) is 0 Å². The number of halogens is 1. The zero-order chi connectivity index (χ0) is 15.7. The van der Waals surface area contributed by atoms with E-state index in [0.29, 0.717) is 22.2 Å². The van der Waals surface area contributed by atoms with Gasteiger partial charge in [-0.3, -0.25) is 4.68 Å². The number of aliphatic hydroxyl groups excluding tert-OH is 1. The lowest BCUT2D eigenvalue weighted by Crippen LogP contribution is -1.96. The van der Waals surface area contributed by atoms with Gasteiger partial charge in [0.15, 0.2) is 0 Å². The third-order valence-electron chi connectivity index (χ3n) is 3.44. The molecule has 3 rings (SSSR count). The number of hydrogen-bond acceptors (Lipinski definition) is 4. The number of fused-ring (bicyclic) bond motifs is 1. The minimum absolute atomic E-state index is 0.0887. The molecule has 0 unspecified atom stereocenters. The Labute approximate surface area is 131 Å². The number of benzene rings is 2. The Morgan fingerprint density at radius 1 is 1.23 bits per heavy atom. The van der Waals surface area contributed by atoms with Gasteiger partial charge in [-0.15, -0.1) is 11.8 Å². The Morgan fingerprint density at radius 2 is 2.05 bits per heavy atom. The molecule has 0 aliphatic heterocycles. The molecule has 0 saturated carbocycles. The fourth-order valence-electron chi connectivity index (χ4n) is 2.32. The number of hydrogen-bond donors (Lipinski definition) is 2. The van der Waals surface area contributed by atoms with Crippen molar-refractivity contribution in [1.82, 2.24) is 9.78 Å². The van der Waals surface area contributed by atoms with Crippen LogP contribution in [0, 0.1) is 5.82 Å². The largest absolute Gasteiger partial charge is 0.507 e. The zero-order valence-corrected chi connectivity index (χ0v) is 12.8. The molecule has 2 N–H and O–H groups in total. The Kier molecular flexibility index (Phi) is 4.04. The van der Waals surface area contributed by atoms with Crippen LogP contribution in [0.15, 0.2) is 41.3 Å². The summed E-state index contributed by atoms with van der Waals surface area (Å²) < 4.78 is 15.0. The molecule has 0 bridgehead atoms. The first-order valence-electron chi connectivity index (χ1n) is 6.74. The smallest absolute Gasteiger partial charge is 0.124 e. The minimum Gasteiger partial charge on any atom is -0.507 e. The molecule has 22 heavy (non-hydrogen) atoms. The molecule has 114 valence electrons. The Bertz CT molecular complexity index is 832. The summed E-state index contributed by atoms with van der Waals surface area (Å²) in [6.45, 7) is -0.0887. The molecule has 0 radical (unpaired) electrons. The minimum atomic E-state index is -0.326. The van der Waals surface area contributed by atoms with Crippen molar-refractivity contribution < 1.29 is 14.6 Å². The second kappa shape index (κ2) is 5.98. The van der Waals surface area contributed by atoms with E-state index in [9.17, 15) is 9.50 Å². The second-order valence-corrected chi connectivity index (χ2v) is 6.05. The van der Waals surface area contributed by atoms with E-state index in [1.165, 1.54) is 23.9 Å². The fourth-order valence-corrected chi connectivity index (χ4v) is 3.31. The summed E-state index contributed by atoms with van der Waals surface area (Å²) in [4.78, 5) is 0.849. The monoisotopic (exact) mass is 318 g/mol. The standard InChI is InChI=1S/C16H15FN2O2S/c1-19-13(6-12(8-20)18-19)9-22-14-5-10-4-11(17)2-3-15(10)16(21)7-14/h2-7,20-21H,8-9H2,1H3. The average molecular weight is 318 g/mol. The maximum Gasteiger partial charge on any atom is 0.124 e. The van der Waals surface area contributed by atoms with E-state index in [2.05, 4.69) is 5.10 Å². The van der Waals surface area contributed by atoms with Crippen LogP contribution >= 0.6 is 11.8 Å². The lowest BCUT2D eigenvalue weighted by Gasteiger charge is -2.07. The third kappa shape index (κ3) is 2.93. The van der Waals surface area contributed by atoms with Crippen LogP contribution in [0.4, 0.5) is 4.39 Å². The van der Waals surface area contributed by atoms with Crippen LogP contribution in [0.1, 0.15) is 11.4 Å². The first-order valence-corrected chi connectivity index (χ1v) is 7.73. The number of aromatic hydroxyl groups is 1. The van der Waals surface area contributed by atoms with Gasteiger partial charge in [0, 0.05) is 28.8 Å². The van der Waals surface area contributed by atoms with Gasteiger partial charge in [-0.2, -0.15) is 5.10 Å². The number of aryl methyl sites for hydroxylation is 1. The predicted octanol–water partition coefficient (Wildman–Crippen LogP) is 3.20. The Morgan fingerprint density at radius 3 is 2.77 bits per heavy atom. The number of aliphatic hydroxyl groups is 1. The van der Waals surface area contributed by atoms with Crippen molar-refractivity contribution in [3.63, 3.8) is 0 Å². The summed E-state index contributed by atoms with van der Waals surface area (Å²) in [5.41, 5.74) is 1.59. The summed E-state index contributed by atoms with van der Waals surface area (Å²) >= 11 is 1.52. The molecule has 0 aliphatic carbocycles. The topological polar surface area (TPSA) is 58.3 Å². The lowest BCUT2D eigenvalue weighted by atomic mass is 10.1. The van der Waals surface area contributed by atoms with Gasteiger partial charge in [-0.1, -0.05) is 0 Å². The molecule has 0 spiro atoms. The molecule has 0 saturated heterocycles. The first kappa shape index (κ1) is 14.9. The molecule has 1 aromatic heterocycles. The van der Waals surface area contributed by atoms with Crippen molar-refractivity contribution in [3.8, 4) is 5.75 Å². The fraction of sp³-hybridized carbons (Fsp3) is 0.188. The van der Waals surface area contributed by atoms with Crippen molar-refractivity contribution >= 4 is 22.5 Å². The summed E-state index contributed by atoms with van der Waals surface area (Å²) in [7, 11) is 1.82. The van der Waals surface area contributed by atoms with E-state index in [1.54, 1.807) is 16.8 Å². The SMILES string of the molecule is Cn1nc(CO)cc1CSc1cc(O)c2ccc(F)cc2c1. The molecule has 3 aromatic rings. The molecule has 0 aliphatic rings. The highest BCUT2D eigenvalue weighted by Gasteiger charge is 2.08. The number of thioether (sulfide) groups is 1. The van der Waals surface area contributed by atoms with Gasteiger partial charge in [0.05, 0.1) is 12.3 Å². The Hall–Kier alpha value is -2.05. The molecule has 0 fully saturated rings. The van der Waals surface area contributed by atoms with Crippen molar-refractivity contribution in [1.29, 1.82) is 0 Å². The molecule has 2 aromatic carbocycles. The van der Waals surface area contributed by atoms with E-state index in [-0.39, 0.29) is 18.2 Å². The number of phenolic OH excluding ortho intramolecular Hbond substituents is 1. The molecule has 4 nitrogen and oxygen atoms in total. The van der Waals surface area contributed by atoms with Crippen LogP contribution < -0.4 is 0 Å². The molecular formula is C16H15FN2O2S. The first-order chi connectivity index (χ1) is 10.6. The highest BCUT2D eigenvalue weighted by Crippen LogP contribution is 2.33. The second-order valence-electron chi connectivity index (χ2n) is 5.01. The van der Waals surface area contributed by atoms with Gasteiger partial charge in [-0.05, 0) is 41.8 Å². The lowest BCUT2D eigenvalue weighted by molar-refractivity contribution is 0.275. The number of phenols is 1. The van der Waals surface area contributed by atoms with Crippen LogP contribution in [0.2, 0.25) is 0 Å². The quantitative estimate of drug-likeness (QED) is 0.725. The highest BCUT2D eigenvalue weighted by molar-refractivity contribution is 7.98. The van der Waals surface area contributed by atoms with Crippen molar-refractivity contribution in [2.24, 2.45) is 7.05 Å². The molecule has 1 heterocycles. The van der Waals surface area contributed by atoms with Crippen LogP contribution in [0.3, 0.4) is 0 Å². The number of aromatic nitrogens is 2. The summed E-state index contributed by atoms with van der Waals surface area (Å²) in [6, 6.07) is 9.69. The van der Waals surface area contributed by atoms with Crippen molar-refractivity contribution in [2.75, 3.05) is 0 Å². The zero-order valence-electron chi connectivity index (χ0n) is 12.0. The highest BCUT2D eigenvalue weighted by atomic mass is 32.2. The van der Waals surface area contributed by atoms with Gasteiger partial charge < -0.3 is 10.2 Å². The van der Waals surface area contributed by atoms with E-state index in [0.717, 1.165) is 10.6 Å². The van der Waals surface area contributed by atoms with Gasteiger partial charge in [-0.25, -0.2) is 4.39 Å². The van der Waals surface area contributed by atoms with Crippen LogP contribution in [-0.2, 0) is 19.4 Å². The van der Waals surface area contributed by atoms with Crippen molar-refractivity contribution in [3.05, 3.63) is 53.6 Å². The van der Waals surface area contributed by atoms with E-state index in [1.807, 2.05) is 19.2 Å².